The summed E-state index contributed by atoms with van der Waals surface area (Å²) in [4.78, 5) is 22.9. The molecule has 19 heavy (non-hydrogen) atoms. The molecule has 1 atom stereocenters. The molecule has 2 amide bonds. The lowest BCUT2D eigenvalue weighted by Gasteiger charge is -2.07. The Morgan fingerprint density at radius 3 is 2.79 bits per heavy atom. The molecule has 1 aromatic heterocycles. The first-order valence-electron chi connectivity index (χ1n) is 6.36. The highest BCUT2D eigenvalue weighted by Crippen LogP contribution is 1.98. The summed E-state index contributed by atoms with van der Waals surface area (Å²) in [6.07, 6.45) is 2.70. The maximum atomic E-state index is 11.5. The molecule has 0 bridgehead atoms. The van der Waals surface area contributed by atoms with E-state index in [1.807, 2.05) is 0 Å². The first kappa shape index (κ1) is 15.2. The summed E-state index contributed by atoms with van der Waals surface area (Å²) < 4.78 is 4.92. The van der Waals surface area contributed by atoms with Crippen LogP contribution in [0.5, 0.6) is 0 Å². The van der Waals surface area contributed by atoms with Gasteiger partial charge < -0.3 is 20.2 Å². The van der Waals surface area contributed by atoms with Crippen molar-refractivity contribution in [3.05, 3.63) is 24.2 Å². The van der Waals surface area contributed by atoms with E-state index in [9.17, 15) is 9.59 Å². The average Bonchev–Trinajstić information content (AvgIpc) is 2.88. The molecule has 0 saturated carbocycles. The van der Waals surface area contributed by atoms with Crippen molar-refractivity contribution in [2.24, 2.45) is 0 Å². The molecule has 0 aliphatic rings. The van der Waals surface area contributed by atoms with Gasteiger partial charge in [0.2, 0.25) is 5.91 Å². The highest BCUT2D eigenvalue weighted by atomic mass is 16.3. The monoisotopic (exact) mass is 268 g/mol. The molecule has 6 heteroatoms. The second kappa shape index (κ2) is 8.31. The lowest BCUT2D eigenvalue weighted by atomic mass is 10.2. The Labute approximate surface area is 112 Å². The lowest BCUT2D eigenvalue weighted by Crippen LogP contribution is -2.31. The Bertz CT molecular complexity index is 387. The van der Waals surface area contributed by atoms with E-state index >= 15 is 0 Å². The predicted octanol–water partition coefficient (Wildman–Crippen LogP) is 0.677. The number of hydrogen-bond donors (Lipinski definition) is 3. The van der Waals surface area contributed by atoms with Crippen molar-refractivity contribution in [3.8, 4) is 0 Å². The molecule has 1 rings (SSSR count). The topological polar surface area (TPSA) is 91.6 Å². The van der Waals surface area contributed by atoms with Crippen molar-refractivity contribution in [2.45, 2.75) is 32.3 Å². The summed E-state index contributed by atoms with van der Waals surface area (Å²) in [5, 5.41) is 14.4. The van der Waals surface area contributed by atoms with Crippen LogP contribution in [0, 0.1) is 0 Å². The summed E-state index contributed by atoms with van der Waals surface area (Å²) in [6, 6.07) is 3.19. The van der Waals surface area contributed by atoms with Crippen LogP contribution in [-0.4, -0.2) is 36.1 Å². The van der Waals surface area contributed by atoms with Crippen LogP contribution in [0.15, 0.2) is 22.8 Å². The fourth-order valence-corrected chi connectivity index (χ4v) is 1.50. The van der Waals surface area contributed by atoms with E-state index in [-0.39, 0.29) is 36.6 Å². The Morgan fingerprint density at radius 1 is 1.37 bits per heavy atom. The van der Waals surface area contributed by atoms with Crippen molar-refractivity contribution in [3.63, 3.8) is 0 Å². The van der Waals surface area contributed by atoms with Crippen molar-refractivity contribution in [1.82, 2.24) is 10.6 Å². The Kier molecular flexibility index (Phi) is 6.67. The number of carbonyl (C=O) groups excluding carboxylic acids is 2. The average molecular weight is 268 g/mol. The van der Waals surface area contributed by atoms with Crippen LogP contribution in [0.3, 0.4) is 0 Å². The van der Waals surface area contributed by atoms with Crippen LogP contribution in [0.2, 0.25) is 0 Å². The maximum Gasteiger partial charge on any atom is 0.286 e. The summed E-state index contributed by atoms with van der Waals surface area (Å²) in [5.41, 5.74) is 0. The second-order valence-electron chi connectivity index (χ2n) is 4.32. The number of nitrogens with one attached hydrogen (secondary N) is 2. The van der Waals surface area contributed by atoms with E-state index in [2.05, 4.69) is 10.6 Å². The molecule has 0 aliphatic heterocycles. The van der Waals surface area contributed by atoms with Crippen LogP contribution in [0.25, 0.3) is 0 Å². The van der Waals surface area contributed by atoms with Gasteiger partial charge in [-0.05, 0) is 31.9 Å². The fourth-order valence-electron chi connectivity index (χ4n) is 1.50. The number of furan rings is 1. The third-order valence-corrected chi connectivity index (χ3v) is 2.50. The van der Waals surface area contributed by atoms with E-state index < -0.39 is 0 Å². The molecular weight excluding hydrogens is 248 g/mol. The number of carbonyl (C=O) groups is 2. The molecule has 3 N–H and O–H groups in total. The summed E-state index contributed by atoms with van der Waals surface area (Å²) in [5.74, 6) is -0.213. The third-order valence-electron chi connectivity index (χ3n) is 2.50. The zero-order valence-electron chi connectivity index (χ0n) is 11.0. The van der Waals surface area contributed by atoms with E-state index in [0.717, 1.165) is 6.42 Å². The zero-order chi connectivity index (χ0) is 14.1. The smallest absolute Gasteiger partial charge is 0.286 e. The molecule has 106 valence electrons. The van der Waals surface area contributed by atoms with Gasteiger partial charge in [-0.15, -0.1) is 0 Å². The predicted molar refractivity (Wildman–Crippen MR) is 69.6 cm³/mol. The van der Waals surface area contributed by atoms with Gasteiger partial charge in [0.25, 0.3) is 5.91 Å². The normalized spacial score (nSPS) is 11.9. The van der Waals surface area contributed by atoms with Gasteiger partial charge in [-0.3, -0.25) is 9.59 Å². The zero-order valence-corrected chi connectivity index (χ0v) is 11.0. The molecule has 1 unspecified atom stereocenters. The standard InChI is InChI=1S/C13H20N2O4/c1-10(16)4-2-7-14-12(17)6-8-15-13(18)11-5-3-9-19-11/h3,5,9-10,16H,2,4,6-8H2,1H3,(H,14,17)(H,15,18). The number of amides is 2. The molecule has 0 saturated heterocycles. The van der Waals surface area contributed by atoms with E-state index in [1.165, 1.54) is 6.26 Å². The highest BCUT2D eigenvalue weighted by molar-refractivity contribution is 5.91. The first-order chi connectivity index (χ1) is 9.09. The first-order valence-corrected chi connectivity index (χ1v) is 6.36. The number of hydrogen-bond acceptors (Lipinski definition) is 4. The van der Waals surface area contributed by atoms with Gasteiger partial charge in [0.15, 0.2) is 5.76 Å². The van der Waals surface area contributed by atoms with E-state index in [4.69, 9.17) is 9.52 Å². The largest absolute Gasteiger partial charge is 0.459 e. The van der Waals surface area contributed by atoms with Gasteiger partial charge in [0, 0.05) is 19.5 Å². The van der Waals surface area contributed by atoms with Crippen molar-refractivity contribution in [1.29, 1.82) is 0 Å². The van der Waals surface area contributed by atoms with Gasteiger partial charge in [-0.2, -0.15) is 0 Å². The molecule has 0 aromatic carbocycles. The van der Waals surface area contributed by atoms with E-state index in [1.54, 1.807) is 19.1 Å². The van der Waals surface area contributed by atoms with Gasteiger partial charge >= 0.3 is 0 Å². The molecular formula is C13H20N2O4. The van der Waals surface area contributed by atoms with Crippen molar-refractivity contribution < 1.29 is 19.1 Å². The number of rotatable bonds is 8. The Morgan fingerprint density at radius 2 is 2.16 bits per heavy atom. The molecule has 0 aliphatic carbocycles. The SMILES string of the molecule is CC(O)CCCNC(=O)CCNC(=O)c1ccco1. The quantitative estimate of drug-likeness (QED) is 0.604. The lowest BCUT2D eigenvalue weighted by molar-refractivity contribution is -0.120. The summed E-state index contributed by atoms with van der Waals surface area (Å²) in [6.45, 7) is 2.52. The highest BCUT2D eigenvalue weighted by Gasteiger charge is 2.08. The number of aliphatic hydroxyl groups excluding tert-OH is 1. The molecule has 0 radical (unpaired) electrons. The minimum Gasteiger partial charge on any atom is -0.459 e. The third kappa shape index (κ3) is 6.61. The van der Waals surface area contributed by atoms with Crippen molar-refractivity contribution in [2.75, 3.05) is 13.1 Å². The number of aliphatic hydroxyl groups is 1. The van der Waals surface area contributed by atoms with Crippen LogP contribution in [0.1, 0.15) is 36.7 Å². The van der Waals surface area contributed by atoms with Crippen LogP contribution < -0.4 is 10.6 Å². The van der Waals surface area contributed by atoms with Gasteiger partial charge in [-0.25, -0.2) is 0 Å². The Balaban J connectivity index is 2.06. The maximum absolute atomic E-state index is 11.5. The molecule has 0 fully saturated rings. The van der Waals surface area contributed by atoms with Gasteiger partial charge in [0.1, 0.15) is 0 Å². The van der Waals surface area contributed by atoms with Crippen molar-refractivity contribution >= 4 is 11.8 Å². The van der Waals surface area contributed by atoms with Gasteiger partial charge in [0.05, 0.1) is 12.4 Å². The minimum absolute atomic E-state index is 0.120. The fraction of sp³-hybridized carbons (Fsp3) is 0.538. The summed E-state index contributed by atoms with van der Waals surface area (Å²) in [7, 11) is 0. The molecule has 0 spiro atoms. The van der Waals surface area contributed by atoms with Crippen LogP contribution in [0.4, 0.5) is 0 Å². The minimum atomic E-state index is -0.343. The second-order valence-corrected chi connectivity index (χ2v) is 4.32. The molecule has 6 nitrogen and oxygen atoms in total. The molecule has 1 heterocycles. The summed E-state index contributed by atoms with van der Waals surface area (Å²) >= 11 is 0. The Hall–Kier alpha value is -1.82. The van der Waals surface area contributed by atoms with Crippen LogP contribution >= 0.6 is 0 Å². The van der Waals surface area contributed by atoms with E-state index in [0.29, 0.717) is 13.0 Å². The van der Waals surface area contributed by atoms with Crippen LogP contribution in [-0.2, 0) is 4.79 Å². The van der Waals surface area contributed by atoms with Gasteiger partial charge in [-0.1, -0.05) is 0 Å². The molecule has 1 aromatic rings.